The molecule has 0 fully saturated rings. The zero-order valence-electron chi connectivity index (χ0n) is 10.7. The molecule has 0 saturated carbocycles. The van der Waals surface area contributed by atoms with Gasteiger partial charge in [-0.2, -0.15) is 0 Å². The summed E-state index contributed by atoms with van der Waals surface area (Å²) in [6, 6.07) is 8.01. The summed E-state index contributed by atoms with van der Waals surface area (Å²) >= 11 is 1.69. The topological polar surface area (TPSA) is 39.4 Å². The highest BCUT2D eigenvalue weighted by Gasteiger charge is 2.11. The predicted octanol–water partition coefficient (Wildman–Crippen LogP) is 3.13. The van der Waals surface area contributed by atoms with Gasteiger partial charge in [-0.1, -0.05) is 0 Å². The number of benzene rings is 1. The maximum Gasteiger partial charge on any atom is 0.234 e. The lowest BCUT2D eigenvalue weighted by Gasteiger charge is -2.07. The summed E-state index contributed by atoms with van der Waals surface area (Å²) in [5.41, 5.74) is 1.84. The summed E-state index contributed by atoms with van der Waals surface area (Å²) < 4.78 is 7.36. The van der Waals surface area contributed by atoms with E-state index in [4.69, 9.17) is 4.74 Å². The Morgan fingerprint density at radius 2 is 2.21 bits per heavy atom. The van der Waals surface area contributed by atoms with Gasteiger partial charge in [0.25, 0.3) is 0 Å². The second-order valence-corrected chi connectivity index (χ2v) is 4.90. The van der Waals surface area contributed by atoms with Crippen molar-refractivity contribution in [2.24, 2.45) is 0 Å². The molecule has 0 amide bonds. The smallest absolute Gasteiger partial charge is 0.234 e. The van der Waals surface area contributed by atoms with Crippen molar-refractivity contribution in [3.63, 3.8) is 0 Å². The summed E-state index contributed by atoms with van der Waals surface area (Å²) in [7, 11) is 1.68. The minimum absolute atomic E-state index is 0.688. The maximum atomic E-state index is 5.46. The Morgan fingerprint density at radius 3 is 2.95 bits per heavy atom. The third-order valence-corrected chi connectivity index (χ3v) is 3.65. The predicted molar refractivity (Wildman–Crippen MR) is 76.8 cm³/mol. The second-order valence-electron chi connectivity index (χ2n) is 4.02. The number of imidazole rings is 1. The van der Waals surface area contributed by atoms with Crippen LogP contribution in [0.5, 0.6) is 5.75 Å². The van der Waals surface area contributed by atoms with Gasteiger partial charge in [-0.3, -0.25) is 4.40 Å². The van der Waals surface area contributed by atoms with Gasteiger partial charge < -0.3 is 4.74 Å². The Hall–Kier alpha value is -2.01. The minimum Gasteiger partial charge on any atom is -0.496 e. The van der Waals surface area contributed by atoms with Crippen LogP contribution < -0.4 is 4.74 Å². The molecular formula is C14H13N3OS. The maximum absolute atomic E-state index is 5.46. The average Bonchev–Trinajstić information content (AvgIpc) is 2.90. The highest BCUT2D eigenvalue weighted by Crippen LogP contribution is 2.32. The van der Waals surface area contributed by atoms with E-state index in [2.05, 4.69) is 16.0 Å². The zero-order chi connectivity index (χ0) is 13.2. The Kier molecular flexibility index (Phi) is 3.13. The second kappa shape index (κ2) is 4.93. The van der Waals surface area contributed by atoms with Gasteiger partial charge in [0.1, 0.15) is 5.75 Å². The monoisotopic (exact) mass is 271 g/mol. The number of rotatable bonds is 3. The van der Waals surface area contributed by atoms with Crippen molar-refractivity contribution in [3.8, 4) is 17.0 Å². The van der Waals surface area contributed by atoms with Crippen LogP contribution in [0, 0.1) is 0 Å². The molecule has 2 aromatic heterocycles. The number of aromatic nitrogens is 3. The van der Waals surface area contributed by atoms with Crippen molar-refractivity contribution in [2.45, 2.75) is 4.90 Å². The van der Waals surface area contributed by atoms with E-state index in [1.165, 1.54) is 4.90 Å². The summed E-state index contributed by atoms with van der Waals surface area (Å²) in [6.07, 6.45) is 7.67. The van der Waals surface area contributed by atoms with Crippen molar-refractivity contribution < 1.29 is 4.74 Å². The quantitative estimate of drug-likeness (QED) is 0.686. The number of methoxy groups -OCH3 is 1. The molecule has 5 heteroatoms. The van der Waals surface area contributed by atoms with Gasteiger partial charge in [-0.15, -0.1) is 11.8 Å². The third-order valence-electron chi connectivity index (χ3n) is 2.92. The first kappa shape index (κ1) is 12.0. The lowest BCUT2D eigenvalue weighted by molar-refractivity contribution is 0.415. The molecule has 1 aromatic carbocycles. The van der Waals surface area contributed by atoms with Crippen molar-refractivity contribution in [3.05, 3.63) is 42.9 Å². The molecule has 19 heavy (non-hydrogen) atoms. The summed E-state index contributed by atoms with van der Waals surface area (Å²) in [4.78, 5) is 9.90. The van der Waals surface area contributed by atoms with Crippen LogP contribution in [0.3, 0.4) is 0 Å². The normalized spacial score (nSPS) is 10.8. The van der Waals surface area contributed by atoms with Crippen LogP contribution in [-0.4, -0.2) is 27.7 Å². The molecule has 4 nitrogen and oxygen atoms in total. The van der Waals surface area contributed by atoms with Gasteiger partial charge in [-0.25, -0.2) is 9.97 Å². The summed E-state index contributed by atoms with van der Waals surface area (Å²) in [5.74, 6) is 1.52. The molecule has 0 spiro atoms. The fourth-order valence-corrected chi connectivity index (χ4v) is 2.40. The number of fused-ring (bicyclic) bond motifs is 1. The molecule has 96 valence electrons. The first-order chi connectivity index (χ1) is 9.31. The summed E-state index contributed by atoms with van der Waals surface area (Å²) in [5, 5.41) is 0. The van der Waals surface area contributed by atoms with Gasteiger partial charge >= 0.3 is 0 Å². The molecule has 0 aliphatic carbocycles. The van der Waals surface area contributed by atoms with Gasteiger partial charge in [0.05, 0.1) is 12.8 Å². The number of ether oxygens (including phenoxy) is 1. The van der Waals surface area contributed by atoms with E-state index in [9.17, 15) is 0 Å². The molecule has 0 aliphatic rings. The molecule has 3 rings (SSSR count). The van der Waals surface area contributed by atoms with Gasteiger partial charge in [0.2, 0.25) is 5.78 Å². The first-order valence-corrected chi connectivity index (χ1v) is 7.06. The Morgan fingerprint density at radius 1 is 1.32 bits per heavy atom. The Balaban J connectivity index is 2.15. The highest BCUT2D eigenvalue weighted by atomic mass is 32.2. The molecule has 0 saturated heterocycles. The standard InChI is InChI=1S/C14H13N3OS/c1-18-13-8-10(19-2)4-5-11(13)12-9-17-7-3-6-15-14(17)16-12/h3-9H,1-2H3. The molecule has 0 radical (unpaired) electrons. The molecule has 0 unspecified atom stereocenters. The van der Waals surface area contributed by atoms with E-state index in [1.54, 1.807) is 25.1 Å². The molecular weight excluding hydrogens is 258 g/mol. The van der Waals surface area contributed by atoms with E-state index >= 15 is 0 Å². The number of nitrogens with zero attached hydrogens (tertiary/aromatic N) is 3. The van der Waals surface area contributed by atoms with Crippen molar-refractivity contribution in [2.75, 3.05) is 13.4 Å². The molecule has 0 N–H and O–H groups in total. The molecule has 0 aliphatic heterocycles. The summed E-state index contributed by atoms with van der Waals surface area (Å²) in [6.45, 7) is 0. The van der Waals surface area contributed by atoms with Crippen molar-refractivity contribution in [1.82, 2.24) is 14.4 Å². The van der Waals surface area contributed by atoms with Gasteiger partial charge in [0, 0.05) is 29.0 Å². The van der Waals surface area contributed by atoms with Crippen LogP contribution in [0.2, 0.25) is 0 Å². The van der Waals surface area contributed by atoms with E-state index < -0.39 is 0 Å². The van der Waals surface area contributed by atoms with E-state index in [-0.39, 0.29) is 0 Å². The largest absolute Gasteiger partial charge is 0.496 e. The Labute approximate surface area is 115 Å². The van der Waals surface area contributed by atoms with E-state index in [0.29, 0.717) is 5.78 Å². The van der Waals surface area contributed by atoms with E-state index in [0.717, 1.165) is 17.0 Å². The molecule has 2 heterocycles. The fourth-order valence-electron chi connectivity index (χ4n) is 1.97. The van der Waals surface area contributed by atoms with Gasteiger partial charge in [0.15, 0.2) is 0 Å². The van der Waals surface area contributed by atoms with Crippen LogP contribution in [0.15, 0.2) is 47.8 Å². The average molecular weight is 271 g/mol. The van der Waals surface area contributed by atoms with Crippen LogP contribution >= 0.6 is 11.8 Å². The molecule has 0 atom stereocenters. The third kappa shape index (κ3) is 2.17. The van der Waals surface area contributed by atoms with E-state index in [1.807, 2.05) is 41.2 Å². The van der Waals surface area contributed by atoms with Crippen LogP contribution in [0.4, 0.5) is 0 Å². The van der Waals surface area contributed by atoms with Crippen molar-refractivity contribution >= 4 is 17.5 Å². The SMILES string of the molecule is COc1cc(SC)ccc1-c1cn2cccnc2n1. The lowest BCUT2D eigenvalue weighted by atomic mass is 10.1. The molecule has 3 aromatic rings. The number of thioether (sulfide) groups is 1. The number of hydrogen-bond acceptors (Lipinski definition) is 4. The fraction of sp³-hybridized carbons (Fsp3) is 0.143. The van der Waals surface area contributed by atoms with Gasteiger partial charge in [-0.05, 0) is 30.5 Å². The lowest BCUT2D eigenvalue weighted by Crippen LogP contribution is -1.88. The molecule has 0 bridgehead atoms. The minimum atomic E-state index is 0.688. The van der Waals surface area contributed by atoms with Crippen LogP contribution in [-0.2, 0) is 0 Å². The van der Waals surface area contributed by atoms with Crippen LogP contribution in [0.25, 0.3) is 17.0 Å². The van der Waals surface area contributed by atoms with Crippen LogP contribution in [0.1, 0.15) is 0 Å². The zero-order valence-corrected chi connectivity index (χ0v) is 11.5. The number of hydrogen-bond donors (Lipinski definition) is 0. The Bertz CT molecular complexity index is 691. The van der Waals surface area contributed by atoms with Crippen molar-refractivity contribution in [1.29, 1.82) is 0 Å². The first-order valence-electron chi connectivity index (χ1n) is 5.84. The highest BCUT2D eigenvalue weighted by molar-refractivity contribution is 7.98.